The molecule has 0 heterocycles. The molecule has 4 nitrogen and oxygen atoms in total. The second-order valence-corrected chi connectivity index (χ2v) is 5.52. The fourth-order valence-corrected chi connectivity index (χ4v) is 2.35. The first kappa shape index (κ1) is 17.4. The highest BCUT2D eigenvalue weighted by molar-refractivity contribution is 6.04. The van der Waals surface area contributed by atoms with Crippen molar-refractivity contribution in [2.24, 2.45) is 0 Å². The normalized spacial score (nSPS) is 10.3. The molecule has 0 fully saturated rings. The molecule has 0 bridgehead atoms. The first-order chi connectivity index (χ1) is 12.5. The molecule has 0 unspecified atom stereocenters. The van der Waals surface area contributed by atoms with Gasteiger partial charge in [-0.1, -0.05) is 6.07 Å². The summed E-state index contributed by atoms with van der Waals surface area (Å²) in [7, 11) is 1.60. The average molecular weight is 354 g/mol. The minimum Gasteiger partial charge on any atom is -0.497 e. The zero-order valence-electron chi connectivity index (χ0n) is 13.9. The fourth-order valence-electron chi connectivity index (χ4n) is 2.35. The summed E-state index contributed by atoms with van der Waals surface area (Å²) in [4.78, 5) is 12.1. The summed E-state index contributed by atoms with van der Waals surface area (Å²) in [6.45, 7) is 0. The topological polar surface area (TPSA) is 50.4 Å². The van der Waals surface area contributed by atoms with Gasteiger partial charge in [0.2, 0.25) is 0 Å². The number of carbonyl (C=O) groups excluding carboxylic acids is 1. The van der Waals surface area contributed by atoms with Crippen LogP contribution in [-0.2, 0) is 0 Å². The van der Waals surface area contributed by atoms with E-state index in [1.807, 2.05) is 24.3 Å². The van der Waals surface area contributed by atoms with Crippen molar-refractivity contribution < 1.29 is 18.3 Å². The van der Waals surface area contributed by atoms with Gasteiger partial charge in [-0.2, -0.15) is 0 Å². The third-order valence-corrected chi connectivity index (χ3v) is 3.68. The number of anilines is 3. The molecular formula is C20H16F2N2O2. The van der Waals surface area contributed by atoms with Gasteiger partial charge in [0.1, 0.15) is 5.75 Å². The van der Waals surface area contributed by atoms with Gasteiger partial charge in [-0.05, 0) is 54.6 Å². The Morgan fingerprint density at radius 3 is 2.27 bits per heavy atom. The lowest BCUT2D eigenvalue weighted by Crippen LogP contribution is -2.12. The van der Waals surface area contributed by atoms with Crippen LogP contribution in [0.5, 0.6) is 5.75 Å². The van der Waals surface area contributed by atoms with Gasteiger partial charge < -0.3 is 15.4 Å². The molecule has 26 heavy (non-hydrogen) atoms. The Labute approximate surface area is 149 Å². The van der Waals surface area contributed by atoms with E-state index in [0.29, 0.717) is 5.69 Å². The molecule has 0 aliphatic heterocycles. The van der Waals surface area contributed by atoms with Gasteiger partial charge in [-0.3, -0.25) is 4.79 Å². The zero-order valence-corrected chi connectivity index (χ0v) is 13.9. The molecule has 1 amide bonds. The van der Waals surface area contributed by atoms with E-state index < -0.39 is 17.5 Å². The highest BCUT2D eigenvalue weighted by atomic mass is 19.2. The Morgan fingerprint density at radius 2 is 1.58 bits per heavy atom. The van der Waals surface area contributed by atoms with Crippen molar-refractivity contribution in [3.05, 3.63) is 83.9 Å². The number of hydrogen-bond acceptors (Lipinski definition) is 3. The van der Waals surface area contributed by atoms with Gasteiger partial charge in [0.15, 0.2) is 11.6 Å². The molecule has 6 heteroatoms. The number of ether oxygens (including phenoxy) is 1. The quantitative estimate of drug-likeness (QED) is 0.680. The van der Waals surface area contributed by atoms with Crippen LogP contribution in [0.4, 0.5) is 25.8 Å². The van der Waals surface area contributed by atoms with Crippen LogP contribution in [-0.4, -0.2) is 13.0 Å². The van der Waals surface area contributed by atoms with Crippen LogP contribution in [0, 0.1) is 11.6 Å². The van der Waals surface area contributed by atoms with Crippen molar-refractivity contribution in [2.75, 3.05) is 17.7 Å². The number of nitrogens with one attached hydrogen (secondary N) is 2. The van der Waals surface area contributed by atoms with Crippen LogP contribution >= 0.6 is 0 Å². The van der Waals surface area contributed by atoms with Crippen LogP contribution in [0.25, 0.3) is 0 Å². The smallest absolute Gasteiger partial charge is 0.255 e. The molecule has 0 saturated heterocycles. The number of carbonyl (C=O) groups is 1. The van der Waals surface area contributed by atoms with E-state index in [1.54, 1.807) is 31.4 Å². The maximum absolute atomic E-state index is 13.2. The lowest BCUT2D eigenvalue weighted by Gasteiger charge is -2.10. The SMILES string of the molecule is COc1cccc(Nc2ccc(NC(=O)c3ccc(F)c(F)c3)cc2)c1. The number of benzene rings is 3. The maximum Gasteiger partial charge on any atom is 0.255 e. The van der Waals surface area contributed by atoms with E-state index in [9.17, 15) is 13.6 Å². The third kappa shape index (κ3) is 4.16. The molecule has 0 atom stereocenters. The van der Waals surface area contributed by atoms with Crippen LogP contribution in [0.15, 0.2) is 66.7 Å². The summed E-state index contributed by atoms with van der Waals surface area (Å²) in [5.74, 6) is -1.83. The summed E-state index contributed by atoms with van der Waals surface area (Å²) in [5.41, 5.74) is 2.27. The first-order valence-electron chi connectivity index (χ1n) is 7.83. The third-order valence-electron chi connectivity index (χ3n) is 3.68. The summed E-state index contributed by atoms with van der Waals surface area (Å²) in [5, 5.41) is 5.86. The van der Waals surface area contributed by atoms with Gasteiger partial charge in [-0.25, -0.2) is 8.78 Å². The Hall–Kier alpha value is -3.41. The second kappa shape index (κ2) is 7.65. The van der Waals surface area contributed by atoms with Crippen molar-refractivity contribution in [1.29, 1.82) is 0 Å². The molecule has 0 saturated carbocycles. The van der Waals surface area contributed by atoms with Crippen molar-refractivity contribution >= 4 is 23.0 Å². The van der Waals surface area contributed by atoms with Crippen LogP contribution < -0.4 is 15.4 Å². The van der Waals surface area contributed by atoms with E-state index in [0.717, 1.165) is 29.3 Å². The van der Waals surface area contributed by atoms with Crippen LogP contribution in [0.3, 0.4) is 0 Å². The number of halogens is 2. The molecule has 0 aliphatic carbocycles. The predicted molar refractivity (Wildman–Crippen MR) is 97.0 cm³/mol. The summed E-state index contributed by atoms with van der Waals surface area (Å²) < 4.78 is 31.3. The average Bonchev–Trinajstić information content (AvgIpc) is 2.65. The summed E-state index contributed by atoms with van der Waals surface area (Å²) in [6, 6.07) is 17.5. The van der Waals surface area contributed by atoms with Crippen LogP contribution in [0.1, 0.15) is 10.4 Å². The first-order valence-corrected chi connectivity index (χ1v) is 7.83. The van der Waals surface area contributed by atoms with E-state index >= 15 is 0 Å². The molecule has 132 valence electrons. The minimum atomic E-state index is -1.06. The Bertz CT molecular complexity index is 927. The standard InChI is InChI=1S/C20H16F2N2O2/c1-26-17-4-2-3-16(12-17)23-14-6-8-15(9-7-14)24-20(25)13-5-10-18(21)19(22)11-13/h2-12,23H,1H3,(H,24,25). The van der Waals surface area contributed by atoms with Gasteiger partial charge in [0.05, 0.1) is 7.11 Å². The maximum atomic E-state index is 13.2. The largest absolute Gasteiger partial charge is 0.497 e. The van der Waals surface area contributed by atoms with E-state index in [-0.39, 0.29) is 5.56 Å². The molecule has 0 spiro atoms. The zero-order chi connectivity index (χ0) is 18.5. The molecule has 3 aromatic rings. The monoisotopic (exact) mass is 354 g/mol. The number of methoxy groups -OCH3 is 1. The fraction of sp³-hybridized carbons (Fsp3) is 0.0500. The molecule has 0 aliphatic rings. The minimum absolute atomic E-state index is 0.0440. The van der Waals surface area contributed by atoms with Gasteiger partial charge >= 0.3 is 0 Å². The molecular weight excluding hydrogens is 338 g/mol. The second-order valence-electron chi connectivity index (χ2n) is 5.52. The highest BCUT2D eigenvalue weighted by Gasteiger charge is 2.10. The lowest BCUT2D eigenvalue weighted by atomic mass is 10.2. The number of hydrogen-bond donors (Lipinski definition) is 2. The highest BCUT2D eigenvalue weighted by Crippen LogP contribution is 2.22. The molecule has 2 N–H and O–H groups in total. The van der Waals surface area contributed by atoms with E-state index in [4.69, 9.17) is 4.74 Å². The van der Waals surface area contributed by atoms with Crippen molar-refractivity contribution in [2.45, 2.75) is 0 Å². The summed E-state index contributed by atoms with van der Waals surface area (Å²) >= 11 is 0. The number of rotatable bonds is 5. The Kier molecular flexibility index (Phi) is 5.12. The molecule has 3 rings (SSSR count). The van der Waals surface area contributed by atoms with Gasteiger partial charge in [0, 0.05) is 28.7 Å². The Balaban J connectivity index is 1.67. The van der Waals surface area contributed by atoms with Crippen molar-refractivity contribution in [3.8, 4) is 5.75 Å². The molecule has 3 aromatic carbocycles. The van der Waals surface area contributed by atoms with Crippen molar-refractivity contribution in [3.63, 3.8) is 0 Å². The Morgan fingerprint density at radius 1 is 0.846 bits per heavy atom. The summed E-state index contributed by atoms with van der Waals surface area (Å²) in [6.07, 6.45) is 0. The van der Waals surface area contributed by atoms with Gasteiger partial charge in [0.25, 0.3) is 5.91 Å². The molecule has 0 aromatic heterocycles. The lowest BCUT2D eigenvalue weighted by molar-refractivity contribution is 0.102. The number of amides is 1. The van der Waals surface area contributed by atoms with Crippen LogP contribution in [0.2, 0.25) is 0 Å². The van der Waals surface area contributed by atoms with Gasteiger partial charge in [-0.15, -0.1) is 0 Å². The van der Waals surface area contributed by atoms with Crippen molar-refractivity contribution in [1.82, 2.24) is 0 Å². The predicted octanol–water partition coefficient (Wildman–Crippen LogP) is 4.97. The van der Waals surface area contributed by atoms with E-state index in [1.165, 1.54) is 6.07 Å². The van der Waals surface area contributed by atoms with E-state index in [2.05, 4.69) is 10.6 Å². The molecule has 0 radical (unpaired) electrons.